The zero-order valence-corrected chi connectivity index (χ0v) is 12.9. The molecular formula is C16H24O2S. The molecule has 0 radical (unpaired) electrons. The number of aliphatic hydroxyl groups is 1. The van der Waals surface area contributed by atoms with E-state index in [-0.39, 0.29) is 0 Å². The summed E-state index contributed by atoms with van der Waals surface area (Å²) in [5.74, 6) is 3.96. The fraction of sp³-hybridized carbons (Fsp3) is 0.625. The highest BCUT2D eigenvalue weighted by Crippen LogP contribution is 2.36. The number of aryl methyl sites for hydroxylation is 2. The van der Waals surface area contributed by atoms with Crippen molar-refractivity contribution in [3.05, 3.63) is 28.8 Å². The van der Waals surface area contributed by atoms with E-state index in [1.54, 1.807) is 7.11 Å². The molecule has 0 amide bonds. The molecule has 1 atom stereocenters. The highest BCUT2D eigenvalue weighted by molar-refractivity contribution is 7.99. The van der Waals surface area contributed by atoms with Crippen molar-refractivity contribution in [2.75, 3.05) is 18.6 Å². The van der Waals surface area contributed by atoms with E-state index in [2.05, 4.69) is 19.9 Å². The summed E-state index contributed by atoms with van der Waals surface area (Å²) in [6.45, 7) is 4.12. The number of thioether (sulfide) groups is 1. The van der Waals surface area contributed by atoms with E-state index in [4.69, 9.17) is 4.74 Å². The van der Waals surface area contributed by atoms with Crippen LogP contribution in [0.15, 0.2) is 12.1 Å². The van der Waals surface area contributed by atoms with Gasteiger partial charge in [-0.25, -0.2) is 0 Å². The van der Waals surface area contributed by atoms with Crippen LogP contribution in [0, 0.1) is 19.8 Å². The second kappa shape index (κ2) is 6.67. The lowest BCUT2D eigenvalue weighted by Crippen LogP contribution is -2.14. The molecule has 1 unspecified atom stereocenters. The predicted octanol–water partition coefficient (Wildman–Crippen LogP) is 3.88. The molecule has 0 spiro atoms. The lowest BCUT2D eigenvalue weighted by atomic mass is 9.90. The van der Waals surface area contributed by atoms with Gasteiger partial charge >= 0.3 is 0 Å². The molecule has 1 aromatic carbocycles. The minimum absolute atomic E-state index is 0.399. The zero-order valence-electron chi connectivity index (χ0n) is 12.1. The Hall–Kier alpha value is -0.670. The van der Waals surface area contributed by atoms with E-state index in [1.807, 2.05) is 17.8 Å². The first-order chi connectivity index (χ1) is 9.11. The van der Waals surface area contributed by atoms with Crippen molar-refractivity contribution in [1.29, 1.82) is 0 Å². The van der Waals surface area contributed by atoms with Crippen LogP contribution < -0.4 is 4.74 Å². The van der Waals surface area contributed by atoms with Crippen LogP contribution in [0.4, 0.5) is 0 Å². The Morgan fingerprint density at radius 2 is 2.00 bits per heavy atom. The molecule has 2 nitrogen and oxygen atoms in total. The molecule has 1 aliphatic rings. The summed E-state index contributed by atoms with van der Waals surface area (Å²) < 4.78 is 5.45. The van der Waals surface area contributed by atoms with Crippen molar-refractivity contribution in [3.63, 3.8) is 0 Å². The number of rotatable bonds is 4. The molecule has 0 bridgehead atoms. The smallest absolute Gasteiger partial charge is 0.125 e. The van der Waals surface area contributed by atoms with Gasteiger partial charge in [0.05, 0.1) is 13.2 Å². The number of benzene rings is 1. The molecule has 1 aliphatic heterocycles. The second-order valence-electron chi connectivity index (χ2n) is 5.51. The van der Waals surface area contributed by atoms with Gasteiger partial charge in [0.25, 0.3) is 0 Å². The minimum Gasteiger partial charge on any atom is -0.496 e. The molecular weight excluding hydrogens is 256 g/mol. The topological polar surface area (TPSA) is 29.5 Å². The third-order valence-electron chi connectivity index (χ3n) is 3.94. The van der Waals surface area contributed by atoms with Crippen molar-refractivity contribution in [2.24, 2.45) is 5.92 Å². The first-order valence-corrected chi connectivity index (χ1v) is 8.18. The Bertz CT molecular complexity index is 425. The van der Waals surface area contributed by atoms with Gasteiger partial charge in [-0.3, -0.25) is 0 Å². The molecule has 106 valence electrons. The number of methoxy groups -OCH3 is 1. The van der Waals surface area contributed by atoms with Gasteiger partial charge in [-0.05, 0) is 67.7 Å². The van der Waals surface area contributed by atoms with E-state index in [1.165, 1.54) is 29.9 Å². The van der Waals surface area contributed by atoms with Crippen LogP contribution in [-0.4, -0.2) is 23.7 Å². The summed E-state index contributed by atoms with van der Waals surface area (Å²) in [6.07, 6.45) is 2.92. The molecule has 0 aromatic heterocycles. The standard InChI is InChI=1S/C16H24O2S/c1-11-8-12(2)16(15(9-11)18-3)14(17)10-13-4-6-19-7-5-13/h8-9,13-14,17H,4-7,10H2,1-3H3. The van der Waals surface area contributed by atoms with Crippen molar-refractivity contribution in [1.82, 2.24) is 0 Å². The van der Waals surface area contributed by atoms with Crippen molar-refractivity contribution in [3.8, 4) is 5.75 Å². The van der Waals surface area contributed by atoms with Gasteiger partial charge in [-0.2, -0.15) is 11.8 Å². The van der Waals surface area contributed by atoms with Crippen LogP contribution in [0.5, 0.6) is 5.75 Å². The van der Waals surface area contributed by atoms with Gasteiger partial charge in [-0.15, -0.1) is 0 Å². The average Bonchev–Trinajstić information content (AvgIpc) is 2.38. The van der Waals surface area contributed by atoms with E-state index in [9.17, 15) is 5.11 Å². The first-order valence-electron chi connectivity index (χ1n) is 7.02. The van der Waals surface area contributed by atoms with Gasteiger partial charge in [0.15, 0.2) is 0 Å². The molecule has 3 heteroatoms. The predicted molar refractivity (Wildman–Crippen MR) is 82.1 cm³/mol. The molecule has 0 saturated carbocycles. The third kappa shape index (κ3) is 3.67. The molecule has 19 heavy (non-hydrogen) atoms. The Kier molecular flexibility index (Phi) is 5.17. The summed E-state index contributed by atoms with van der Waals surface area (Å²) in [5, 5.41) is 10.6. The van der Waals surface area contributed by atoms with Crippen molar-refractivity contribution < 1.29 is 9.84 Å². The van der Waals surface area contributed by atoms with Gasteiger partial charge < -0.3 is 9.84 Å². The van der Waals surface area contributed by atoms with E-state index in [0.29, 0.717) is 5.92 Å². The number of aliphatic hydroxyl groups excluding tert-OH is 1. The summed E-state index contributed by atoms with van der Waals surface area (Å²) in [6, 6.07) is 4.14. The maximum atomic E-state index is 10.6. The van der Waals surface area contributed by atoms with Crippen LogP contribution in [0.3, 0.4) is 0 Å². The maximum Gasteiger partial charge on any atom is 0.125 e. The lowest BCUT2D eigenvalue weighted by molar-refractivity contribution is 0.137. The summed E-state index contributed by atoms with van der Waals surface area (Å²) >= 11 is 2.03. The molecule has 1 saturated heterocycles. The first kappa shape index (κ1) is 14.7. The Morgan fingerprint density at radius 3 is 2.63 bits per heavy atom. The van der Waals surface area contributed by atoms with Crippen LogP contribution in [0.25, 0.3) is 0 Å². The Balaban J connectivity index is 2.15. The lowest BCUT2D eigenvalue weighted by Gasteiger charge is -2.25. The minimum atomic E-state index is -0.399. The summed E-state index contributed by atoms with van der Waals surface area (Å²) in [5.41, 5.74) is 3.29. The molecule has 0 aliphatic carbocycles. The van der Waals surface area contributed by atoms with Crippen LogP contribution in [0.1, 0.15) is 42.1 Å². The van der Waals surface area contributed by atoms with E-state index in [0.717, 1.165) is 23.3 Å². The molecule has 1 heterocycles. The molecule has 1 N–H and O–H groups in total. The fourth-order valence-electron chi connectivity index (χ4n) is 2.95. The number of hydrogen-bond acceptors (Lipinski definition) is 3. The maximum absolute atomic E-state index is 10.6. The molecule has 2 rings (SSSR count). The van der Waals surface area contributed by atoms with Gasteiger partial charge in [0, 0.05) is 5.56 Å². The fourth-order valence-corrected chi connectivity index (χ4v) is 4.16. The van der Waals surface area contributed by atoms with Gasteiger partial charge in [-0.1, -0.05) is 6.07 Å². The van der Waals surface area contributed by atoms with Crippen molar-refractivity contribution in [2.45, 2.75) is 39.2 Å². The van der Waals surface area contributed by atoms with E-state index >= 15 is 0 Å². The molecule has 1 fully saturated rings. The summed E-state index contributed by atoms with van der Waals surface area (Å²) in [7, 11) is 1.68. The Morgan fingerprint density at radius 1 is 1.32 bits per heavy atom. The van der Waals surface area contributed by atoms with Crippen molar-refractivity contribution >= 4 is 11.8 Å². The monoisotopic (exact) mass is 280 g/mol. The molecule has 1 aromatic rings. The highest BCUT2D eigenvalue weighted by atomic mass is 32.2. The number of ether oxygens (including phenoxy) is 1. The van der Waals surface area contributed by atoms with Gasteiger partial charge in [0.1, 0.15) is 5.75 Å². The average molecular weight is 280 g/mol. The summed E-state index contributed by atoms with van der Waals surface area (Å²) in [4.78, 5) is 0. The largest absolute Gasteiger partial charge is 0.496 e. The third-order valence-corrected chi connectivity index (χ3v) is 4.99. The highest BCUT2D eigenvalue weighted by Gasteiger charge is 2.22. The van der Waals surface area contributed by atoms with E-state index < -0.39 is 6.10 Å². The normalized spacial score (nSPS) is 18.3. The van der Waals surface area contributed by atoms with Gasteiger partial charge in [0.2, 0.25) is 0 Å². The second-order valence-corrected chi connectivity index (χ2v) is 6.73. The van der Waals surface area contributed by atoms with Crippen LogP contribution in [-0.2, 0) is 0 Å². The zero-order chi connectivity index (χ0) is 13.8. The number of hydrogen-bond donors (Lipinski definition) is 1. The van der Waals surface area contributed by atoms with Crippen LogP contribution in [0.2, 0.25) is 0 Å². The SMILES string of the molecule is COc1cc(C)cc(C)c1C(O)CC1CCSCC1. The Labute approximate surface area is 120 Å². The van der Waals surface area contributed by atoms with Crippen LogP contribution >= 0.6 is 11.8 Å². The quantitative estimate of drug-likeness (QED) is 0.907.